The Labute approximate surface area is 158 Å². The van der Waals surface area contributed by atoms with E-state index in [1.54, 1.807) is 6.20 Å². The first-order chi connectivity index (χ1) is 13.0. The molecule has 6 nitrogen and oxygen atoms in total. The van der Waals surface area contributed by atoms with Crippen molar-refractivity contribution < 1.29 is 4.79 Å². The van der Waals surface area contributed by atoms with E-state index in [0.717, 1.165) is 22.5 Å². The Hall–Kier alpha value is -3.67. The van der Waals surface area contributed by atoms with Crippen molar-refractivity contribution in [2.24, 2.45) is 0 Å². The van der Waals surface area contributed by atoms with Crippen molar-refractivity contribution in [3.63, 3.8) is 0 Å². The topological polar surface area (TPSA) is 78.9 Å². The summed E-state index contributed by atoms with van der Waals surface area (Å²) in [5.41, 5.74) is 4.46. The number of nitrogens with one attached hydrogen (secondary N) is 3. The molecule has 0 fully saturated rings. The third-order valence-electron chi connectivity index (χ3n) is 3.94. The van der Waals surface area contributed by atoms with Gasteiger partial charge in [-0.1, -0.05) is 30.8 Å². The van der Waals surface area contributed by atoms with Crippen LogP contribution in [0.1, 0.15) is 11.1 Å². The van der Waals surface area contributed by atoms with Gasteiger partial charge in [0.25, 0.3) is 0 Å². The van der Waals surface area contributed by atoms with Crippen molar-refractivity contribution in [2.75, 3.05) is 16.0 Å². The fraction of sp³-hybridized carbons (Fsp3) is 0.0952. The van der Waals surface area contributed by atoms with Gasteiger partial charge in [0, 0.05) is 28.8 Å². The molecule has 3 N–H and O–H groups in total. The molecule has 0 aliphatic carbocycles. The van der Waals surface area contributed by atoms with E-state index in [4.69, 9.17) is 0 Å². The number of hydrogen-bond donors (Lipinski definition) is 3. The second kappa shape index (κ2) is 8.14. The maximum Gasteiger partial charge on any atom is 0.247 e. The molecule has 3 rings (SSSR count). The molecule has 0 bridgehead atoms. The third kappa shape index (κ3) is 4.70. The highest BCUT2D eigenvalue weighted by Crippen LogP contribution is 2.23. The molecule has 3 aromatic rings. The summed E-state index contributed by atoms with van der Waals surface area (Å²) in [5, 5.41) is 9.26. The molecule has 0 aliphatic heterocycles. The van der Waals surface area contributed by atoms with Crippen LogP contribution in [0.3, 0.4) is 0 Å². The van der Waals surface area contributed by atoms with Crippen molar-refractivity contribution in [1.82, 2.24) is 9.97 Å². The van der Waals surface area contributed by atoms with Gasteiger partial charge in [-0.3, -0.25) is 4.79 Å². The van der Waals surface area contributed by atoms with E-state index < -0.39 is 0 Å². The lowest BCUT2D eigenvalue weighted by Crippen LogP contribution is -2.07. The summed E-state index contributed by atoms with van der Waals surface area (Å²) < 4.78 is 0. The van der Waals surface area contributed by atoms with E-state index in [9.17, 15) is 4.79 Å². The highest BCUT2D eigenvalue weighted by atomic mass is 16.1. The molecule has 0 spiro atoms. The highest BCUT2D eigenvalue weighted by Gasteiger charge is 2.07. The number of anilines is 5. The number of benzene rings is 2. The zero-order chi connectivity index (χ0) is 19.2. The standard InChI is InChI=1S/C21H21N5O/c1-4-19(27)23-16-9-7-10-17(12-16)24-20-15(3)13-22-21(26-20)25-18-11-6-5-8-14(18)2/h4-13H,1H2,2-3H3,(H,23,27)(H2,22,24,25,26). The molecule has 1 heterocycles. The van der Waals surface area contributed by atoms with Crippen molar-refractivity contribution in [1.29, 1.82) is 0 Å². The molecule has 0 saturated carbocycles. The number of hydrogen-bond acceptors (Lipinski definition) is 5. The molecule has 2 aromatic carbocycles. The van der Waals surface area contributed by atoms with Crippen LogP contribution < -0.4 is 16.0 Å². The number of para-hydroxylation sites is 1. The Morgan fingerprint density at radius 1 is 1.00 bits per heavy atom. The molecule has 0 saturated heterocycles. The van der Waals surface area contributed by atoms with E-state index in [0.29, 0.717) is 17.5 Å². The van der Waals surface area contributed by atoms with Crippen LogP contribution in [0.25, 0.3) is 0 Å². The van der Waals surface area contributed by atoms with Crippen molar-refractivity contribution in [3.05, 3.63) is 78.5 Å². The molecule has 1 aromatic heterocycles. The monoisotopic (exact) mass is 359 g/mol. The fourth-order valence-corrected chi connectivity index (χ4v) is 2.47. The first-order valence-electron chi connectivity index (χ1n) is 8.52. The first-order valence-corrected chi connectivity index (χ1v) is 8.52. The van der Waals surface area contributed by atoms with Crippen LogP contribution in [0.15, 0.2) is 67.4 Å². The van der Waals surface area contributed by atoms with Gasteiger partial charge in [-0.2, -0.15) is 4.98 Å². The lowest BCUT2D eigenvalue weighted by molar-refractivity contribution is -0.111. The predicted octanol–water partition coefficient (Wildman–Crippen LogP) is 4.71. The molecular formula is C21H21N5O. The lowest BCUT2D eigenvalue weighted by Gasteiger charge is -2.13. The number of carbonyl (C=O) groups is 1. The molecular weight excluding hydrogens is 338 g/mol. The Balaban J connectivity index is 1.81. The summed E-state index contributed by atoms with van der Waals surface area (Å²) >= 11 is 0. The maximum absolute atomic E-state index is 11.5. The Morgan fingerprint density at radius 3 is 2.56 bits per heavy atom. The van der Waals surface area contributed by atoms with Gasteiger partial charge in [0.15, 0.2) is 0 Å². The maximum atomic E-state index is 11.5. The lowest BCUT2D eigenvalue weighted by atomic mass is 10.2. The summed E-state index contributed by atoms with van der Waals surface area (Å²) in [7, 11) is 0. The predicted molar refractivity (Wildman–Crippen MR) is 110 cm³/mol. The highest BCUT2D eigenvalue weighted by molar-refractivity contribution is 5.99. The Morgan fingerprint density at radius 2 is 1.78 bits per heavy atom. The van der Waals surface area contributed by atoms with E-state index in [1.807, 2.05) is 62.4 Å². The number of carbonyl (C=O) groups excluding carboxylic acids is 1. The average molecular weight is 359 g/mol. The van der Waals surface area contributed by atoms with E-state index in [2.05, 4.69) is 32.5 Å². The zero-order valence-electron chi connectivity index (χ0n) is 15.3. The van der Waals surface area contributed by atoms with Crippen LogP contribution in [0.5, 0.6) is 0 Å². The molecule has 6 heteroatoms. The molecule has 0 atom stereocenters. The molecule has 1 amide bonds. The van der Waals surface area contributed by atoms with E-state index >= 15 is 0 Å². The number of aromatic nitrogens is 2. The van der Waals surface area contributed by atoms with Gasteiger partial charge in [0.1, 0.15) is 5.82 Å². The van der Waals surface area contributed by atoms with Crippen LogP contribution in [0.4, 0.5) is 28.8 Å². The first kappa shape index (κ1) is 18.1. The minimum atomic E-state index is -0.255. The second-order valence-electron chi connectivity index (χ2n) is 6.06. The van der Waals surface area contributed by atoms with Gasteiger partial charge in [-0.25, -0.2) is 4.98 Å². The minimum Gasteiger partial charge on any atom is -0.340 e. The molecule has 0 aliphatic rings. The third-order valence-corrected chi connectivity index (χ3v) is 3.94. The fourth-order valence-electron chi connectivity index (χ4n) is 2.47. The summed E-state index contributed by atoms with van der Waals surface area (Å²) in [6, 6.07) is 15.4. The molecule has 0 radical (unpaired) electrons. The van der Waals surface area contributed by atoms with Gasteiger partial charge >= 0.3 is 0 Å². The van der Waals surface area contributed by atoms with Crippen LogP contribution in [0, 0.1) is 13.8 Å². The van der Waals surface area contributed by atoms with Crippen molar-refractivity contribution in [3.8, 4) is 0 Å². The Kier molecular flexibility index (Phi) is 5.47. The minimum absolute atomic E-state index is 0.255. The van der Waals surface area contributed by atoms with Crippen LogP contribution in [-0.2, 0) is 4.79 Å². The summed E-state index contributed by atoms with van der Waals surface area (Å²) in [5.74, 6) is 0.942. The zero-order valence-corrected chi connectivity index (χ0v) is 15.3. The summed E-state index contributed by atoms with van der Waals surface area (Å²) in [6.45, 7) is 7.42. The van der Waals surface area contributed by atoms with E-state index in [1.165, 1.54) is 6.08 Å². The molecule has 0 unspecified atom stereocenters. The number of aryl methyl sites for hydroxylation is 2. The number of nitrogens with zero attached hydrogens (tertiary/aromatic N) is 2. The van der Waals surface area contributed by atoms with Gasteiger partial charge in [-0.15, -0.1) is 0 Å². The SMILES string of the molecule is C=CC(=O)Nc1cccc(Nc2nc(Nc3ccccc3C)ncc2C)c1. The van der Waals surface area contributed by atoms with Crippen LogP contribution >= 0.6 is 0 Å². The van der Waals surface area contributed by atoms with Crippen LogP contribution in [0.2, 0.25) is 0 Å². The van der Waals surface area contributed by atoms with Crippen molar-refractivity contribution in [2.45, 2.75) is 13.8 Å². The van der Waals surface area contributed by atoms with Gasteiger partial charge in [0.05, 0.1) is 0 Å². The number of rotatable bonds is 6. The average Bonchev–Trinajstić information content (AvgIpc) is 2.66. The second-order valence-corrected chi connectivity index (χ2v) is 6.06. The normalized spacial score (nSPS) is 10.1. The Bertz CT molecular complexity index is 984. The summed E-state index contributed by atoms with van der Waals surface area (Å²) in [6.07, 6.45) is 3.00. The number of amides is 1. The molecule has 136 valence electrons. The molecule has 27 heavy (non-hydrogen) atoms. The van der Waals surface area contributed by atoms with Gasteiger partial charge in [-0.05, 0) is 49.8 Å². The largest absolute Gasteiger partial charge is 0.340 e. The van der Waals surface area contributed by atoms with Gasteiger partial charge in [0.2, 0.25) is 11.9 Å². The van der Waals surface area contributed by atoms with E-state index in [-0.39, 0.29) is 5.91 Å². The quantitative estimate of drug-likeness (QED) is 0.556. The van der Waals surface area contributed by atoms with Crippen molar-refractivity contribution >= 4 is 34.7 Å². The smallest absolute Gasteiger partial charge is 0.247 e. The van der Waals surface area contributed by atoms with Crippen LogP contribution in [-0.4, -0.2) is 15.9 Å². The van der Waals surface area contributed by atoms with Gasteiger partial charge < -0.3 is 16.0 Å². The summed E-state index contributed by atoms with van der Waals surface area (Å²) in [4.78, 5) is 20.4.